The van der Waals surface area contributed by atoms with E-state index in [0.29, 0.717) is 24.3 Å². The Kier molecular flexibility index (Phi) is 5.84. The number of rotatable bonds is 5. The smallest absolute Gasteiger partial charge is 0.336 e. The first kappa shape index (κ1) is 19.9. The monoisotopic (exact) mass is 395 g/mol. The number of hydrogen-bond acceptors (Lipinski definition) is 5. The molecule has 0 N–H and O–H groups in total. The van der Waals surface area contributed by atoms with Gasteiger partial charge in [-0.2, -0.15) is 0 Å². The summed E-state index contributed by atoms with van der Waals surface area (Å²) in [6, 6.07) is 7.76. The van der Waals surface area contributed by atoms with Crippen LogP contribution in [-0.4, -0.2) is 30.2 Å². The maximum Gasteiger partial charge on any atom is 0.336 e. The lowest BCUT2D eigenvalue weighted by Crippen LogP contribution is -2.39. The second-order valence-electron chi connectivity index (χ2n) is 8.19. The largest absolute Gasteiger partial charge is 0.494 e. The predicted octanol–water partition coefficient (Wildman–Crippen LogP) is 4.75. The van der Waals surface area contributed by atoms with Crippen LogP contribution in [0.4, 0.5) is 0 Å². The summed E-state index contributed by atoms with van der Waals surface area (Å²) < 4.78 is 11.4. The van der Waals surface area contributed by atoms with Crippen molar-refractivity contribution in [3.63, 3.8) is 0 Å². The lowest BCUT2D eigenvalue weighted by Gasteiger charge is -2.36. The number of fused-ring (bicyclic) bond motifs is 1. The fraction of sp³-hybridized carbons (Fsp3) is 0.542. The summed E-state index contributed by atoms with van der Waals surface area (Å²) in [5.41, 5.74) is 3.09. The fourth-order valence-electron chi connectivity index (χ4n) is 4.90. The van der Waals surface area contributed by atoms with Gasteiger partial charge in [0.2, 0.25) is 0 Å². The van der Waals surface area contributed by atoms with Gasteiger partial charge < -0.3 is 9.47 Å². The zero-order valence-electron chi connectivity index (χ0n) is 17.3. The zero-order chi connectivity index (χ0) is 20.4. The van der Waals surface area contributed by atoms with Crippen molar-refractivity contribution in [1.29, 1.82) is 0 Å². The minimum Gasteiger partial charge on any atom is -0.494 e. The van der Waals surface area contributed by atoms with Crippen LogP contribution in [0.5, 0.6) is 5.75 Å². The first-order chi connectivity index (χ1) is 14.1. The molecule has 1 aliphatic heterocycles. The van der Waals surface area contributed by atoms with Crippen molar-refractivity contribution in [2.75, 3.05) is 6.61 Å². The zero-order valence-corrected chi connectivity index (χ0v) is 17.3. The van der Waals surface area contributed by atoms with E-state index in [0.717, 1.165) is 55.5 Å². The average Bonchev–Trinajstić information content (AvgIpc) is 3.21. The summed E-state index contributed by atoms with van der Waals surface area (Å²) in [5.74, 6) is -0.0508. The lowest BCUT2D eigenvalue weighted by molar-refractivity contribution is -0.144. The number of carbonyl (C=O) groups excluding carboxylic acids is 2. The molecule has 0 saturated heterocycles. The van der Waals surface area contributed by atoms with Crippen molar-refractivity contribution in [3.05, 3.63) is 41.1 Å². The van der Waals surface area contributed by atoms with E-state index < -0.39 is 0 Å². The van der Waals surface area contributed by atoms with E-state index in [-0.39, 0.29) is 29.7 Å². The topological polar surface area (TPSA) is 65.0 Å². The van der Waals surface area contributed by atoms with Gasteiger partial charge in [0.05, 0.1) is 18.1 Å². The van der Waals surface area contributed by atoms with Gasteiger partial charge >= 0.3 is 5.97 Å². The third kappa shape index (κ3) is 4.00. The maximum absolute atomic E-state index is 13.2. The molecule has 0 aromatic heterocycles. The van der Waals surface area contributed by atoms with Crippen molar-refractivity contribution < 1.29 is 19.1 Å². The van der Waals surface area contributed by atoms with Gasteiger partial charge in [0.1, 0.15) is 17.6 Å². The van der Waals surface area contributed by atoms with Crippen LogP contribution in [-0.2, 0) is 14.3 Å². The van der Waals surface area contributed by atoms with Gasteiger partial charge in [0.15, 0.2) is 0 Å². The molecule has 1 aromatic rings. The molecule has 0 bridgehead atoms. The van der Waals surface area contributed by atoms with Crippen LogP contribution in [0.25, 0.3) is 0 Å². The van der Waals surface area contributed by atoms with Gasteiger partial charge in [-0.15, -0.1) is 0 Å². The number of esters is 1. The molecule has 5 nitrogen and oxygen atoms in total. The highest BCUT2D eigenvalue weighted by Crippen LogP contribution is 2.43. The van der Waals surface area contributed by atoms with E-state index in [2.05, 4.69) is 0 Å². The molecular weight excluding hydrogens is 366 g/mol. The molecule has 2 aliphatic carbocycles. The molecule has 2 fully saturated rings. The van der Waals surface area contributed by atoms with E-state index in [1.165, 1.54) is 0 Å². The molecule has 1 unspecified atom stereocenters. The number of carbonyl (C=O) groups is 2. The average molecular weight is 395 g/mol. The Bertz CT molecular complexity index is 846. The van der Waals surface area contributed by atoms with Gasteiger partial charge in [-0.1, -0.05) is 12.1 Å². The normalized spacial score (nSPS) is 24.9. The molecule has 2 saturated carbocycles. The minimum absolute atomic E-state index is 0.0174. The fourth-order valence-corrected chi connectivity index (χ4v) is 4.90. The number of aliphatic imine (C=N–C) groups is 1. The molecule has 4 rings (SSSR count). The van der Waals surface area contributed by atoms with Crippen molar-refractivity contribution in [1.82, 2.24) is 0 Å². The molecule has 5 heteroatoms. The molecule has 2 atom stereocenters. The lowest BCUT2D eigenvalue weighted by atomic mass is 9.69. The highest BCUT2D eigenvalue weighted by atomic mass is 16.5. The predicted molar refractivity (Wildman–Crippen MR) is 111 cm³/mol. The van der Waals surface area contributed by atoms with Crippen LogP contribution < -0.4 is 4.74 Å². The Morgan fingerprint density at radius 3 is 2.48 bits per heavy atom. The number of ketones is 1. The van der Waals surface area contributed by atoms with E-state index >= 15 is 0 Å². The van der Waals surface area contributed by atoms with Gasteiger partial charge in [-0.25, -0.2) is 4.79 Å². The van der Waals surface area contributed by atoms with Crippen molar-refractivity contribution in [2.45, 2.75) is 70.8 Å². The molecule has 29 heavy (non-hydrogen) atoms. The van der Waals surface area contributed by atoms with Crippen LogP contribution in [0.2, 0.25) is 0 Å². The molecule has 0 radical (unpaired) electrons. The molecule has 3 aliphatic rings. The van der Waals surface area contributed by atoms with Crippen LogP contribution in [0.15, 0.2) is 40.5 Å². The standard InChI is InChI=1S/C24H29NO4/c1-3-28-17-13-11-16(12-14-17)22-21(24(27)29-18-7-4-5-8-18)15(2)25-19-9-6-10-20(26)23(19)22/h11-14,18,22-23H,3-10H2,1-2H3/t22-,23?/m1/s1. The Morgan fingerprint density at radius 2 is 1.79 bits per heavy atom. The van der Waals surface area contributed by atoms with Crippen LogP contribution in [0.1, 0.15) is 70.3 Å². The number of hydrogen-bond donors (Lipinski definition) is 0. The third-order valence-corrected chi connectivity index (χ3v) is 6.25. The second kappa shape index (κ2) is 8.52. The third-order valence-electron chi connectivity index (χ3n) is 6.25. The summed E-state index contributed by atoms with van der Waals surface area (Å²) in [4.78, 5) is 30.8. The van der Waals surface area contributed by atoms with E-state index in [4.69, 9.17) is 14.5 Å². The summed E-state index contributed by atoms with van der Waals surface area (Å²) in [7, 11) is 0. The van der Waals surface area contributed by atoms with Crippen molar-refractivity contribution in [2.24, 2.45) is 10.9 Å². The van der Waals surface area contributed by atoms with E-state index in [1.54, 1.807) is 0 Å². The summed E-state index contributed by atoms with van der Waals surface area (Å²) in [6.45, 7) is 4.41. The Morgan fingerprint density at radius 1 is 1.07 bits per heavy atom. The van der Waals surface area contributed by atoms with E-state index in [1.807, 2.05) is 38.1 Å². The summed E-state index contributed by atoms with van der Waals surface area (Å²) >= 11 is 0. The summed E-state index contributed by atoms with van der Waals surface area (Å²) in [5, 5.41) is 0. The quantitative estimate of drug-likeness (QED) is 0.675. The Labute approximate surface area is 172 Å². The molecule has 0 spiro atoms. The minimum atomic E-state index is -0.364. The first-order valence-electron chi connectivity index (χ1n) is 10.8. The van der Waals surface area contributed by atoms with Crippen LogP contribution in [0, 0.1) is 5.92 Å². The van der Waals surface area contributed by atoms with Crippen molar-refractivity contribution in [3.8, 4) is 5.75 Å². The highest BCUT2D eigenvalue weighted by Gasteiger charge is 2.44. The number of Topliss-reactive ketones (excluding diaryl/α,β-unsaturated/α-hetero) is 1. The molecule has 1 heterocycles. The molecule has 154 valence electrons. The molecular formula is C24H29NO4. The number of benzene rings is 1. The van der Waals surface area contributed by atoms with Crippen LogP contribution >= 0.6 is 0 Å². The van der Waals surface area contributed by atoms with Gasteiger partial charge in [0.25, 0.3) is 0 Å². The summed E-state index contributed by atoms with van der Waals surface area (Å²) in [6.07, 6.45) is 6.21. The van der Waals surface area contributed by atoms with Gasteiger partial charge in [-0.3, -0.25) is 9.79 Å². The number of allylic oxidation sites excluding steroid dienone is 1. The van der Waals surface area contributed by atoms with E-state index in [9.17, 15) is 9.59 Å². The first-order valence-corrected chi connectivity index (χ1v) is 10.8. The second-order valence-corrected chi connectivity index (χ2v) is 8.19. The van der Waals surface area contributed by atoms with Crippen LogP contribution in [0.3, 0.4) is 0 Å². The highest BCUT2D eigenvalue weighted by molar-refractivity contribution is 6.11. The maximum atomic E-state index is 13.2. The number of nitrogens with zero attached hydrogens (tertiary/aromatic N) is 1. The molecule has 0 amide bonds. The molecule has 1 aromatic carbocycles. The van der Waals surface area contributed by atoms with Gasteiger partial charge in [-0.05, 0) is 70.1 Å². The van der Waals surface area contributed by atoms with Gasteiger partial charge in [0, 0.05) is 23.7 Å². The SMILES string of the molecule is CCOc1ccc([C@@H]2C(C(=O)OC3CCCC3)=C(C)N=C3CCCC(=O)C32)cc1. The number of ether oxygens (including phenoxy) is 2. The Balaban J connectivity index is 1.72. The van der Waals surface area contributed by atoms with Crippen molar-refractivity contribution >= 4 is 17.5 Å². The Hall–Kier alpha value is -2.43.